The number of anilines is 1. The van der Waals surface area contributed by atoms with E-state index in [2.05, 4.69) is 47.7 Å². The number of hydrogen-bond acceptors (Lipinski definition) is 4. The van der Waals surface area contributed by atoms with Crippen LogP contribution in [0.2, 0.25) is 0 Å². The van der Waals surface area contributed by atoms with Gasteiger partial charge in [0.1, 0.15) is 5.75 Å². The van der Waals surface area contributed by atoms with Crippen LogP contribution in [-0.2, 0) is 4.79 Å². The summed E-state index contributed by atoms with van der Waals surface area (Å²) < 4.78 is 1.32. The first kappa shape index (κ1) is 17.5. The van der Waals surface area contributed by atoms with Gasteiger partial charge in [-0.15, -0.1) is 0 Å². The van der Waals surface area contributed by atoms with Crippen LogP contribution in [0.1, 0.15) is 11.1 Å². The number of aromatic hydroxyl groups is 1. The number of hydrogen-bond donors (Lipinski definition) is 3. The van der Waals surface area contributed by atoms with Crippen molar-refractivity contribution in [1.29, 1.82) is 0 Å². The molecule has 120 valence electrons. The Morgan fingerprint density at radius 2 is 1.91 bits per heavy atom. The maximum Gasteiger partial charge on any atom is 0.259 e. The Labute approximate surface area is 151 Å². The summed E-state index contributed by atoms with van der Waals surface area (Å²) in [6.45, 7) is 2.12. The van der Waals surface area contributed by atoms with E-state index >= 15 is 0 Å². The van der Waals surface area contributed by atoms with Gasteiger partial charge in [-0.25, -0.2) is 5.43 Å². The van der Waals surface area contributed by atoms with E-state index in [9.17, 15) is 9.90 Å². The Hall–Kier alpha value is -1.86. The molecule has 5 nitrogen and oxygen atoms in total. The second-order valence-electron chi connectivity index (χ2n) is 4.84. The zero-order valence-electron chi connectivity index (χ0n) is 12.3. The molecule has 0 aromatic heterocycles. The van der Waals surface area contributed by atoms with Gasteiger partial charge in [0.25, 0.3) is 5.91 Å². The number of aryl methyl sites for hydroxylation is 1. The van der Waals surface area contributed by atoms with Crippen LogP contribution in [0.4, 0.5) is 5.69 Å². The van der Waals surface area contributed by atoms with Crippen molar-refractivity contribution in [2.75, 3.05) is 11.9 Å². The van der Waals surface area contributed by atoms with Crippen LogP contribution in [0.15, 0.2) is 50.4 Å². The van der Waals surface area contributed by atoms with Gasteiger partial charge < -0.3 is 10.4 Å². The molecule has 7 heteroatoms. The summed E-state index contributed by atoms with van der Waals surface area (Å²) in [5.74, 6) is -0.165. The summed E-state index contributed by atoms with van der Waals surface area (Å²) in [5, 5.41) is 16.5. The van der Waals surface area contributed by atoms with E-state index in [1.165, 1.54) is 12.3 Å². The molecule has 0 fully saturated rings. The number of carbonyl (C=O) groups excluding carboxylic acids is 1. The lowest BCUT2D eigenvalue weighted by Gasteiger charge is -2.05. The van der Waals surface area contributed by atoms with Crippen LogP contribution in [0, 0.1) is 6.92 Å². The predicted molar refractivity (Wildman–Crippen MR) is 98.9 cm³/mol. The van der Waals surface area contributed by atoms with E-state index in [1.807, 2.05) is 31.2 Å². The zero-order valence-corrected chi connectivity index (χ0v) is 15.5. The molecule has 0 aliphatic heterocycles. The first-order valence-electron chi connectivity index (χ1n) is 6.76. The highest BCUT2D eigenvalue weighted by atomic mass is 79.9. The molecule has 0 bridgehead atoms. The summed E-state index contributed by atoms with van der Waals surface area (Å²) in [7, 11) is 0. The highest BCUT2D eigenvalue weighted by Crippen LogP contribution is 2.29. The molecule has 0 saturated heterocycles. The van der Waals surface area contributed by atoms with Crippen LogP contribution in [-0.4, -0.2) is 23.8 Å². The van der Waals surface area contributed by atoms with E-state index in [0.29, 0.717) is 10.0 Å². The fourth-order valence-corrected chi connectivity index (χ4v) is 2.82. The second kappa shape index (κ2) is 8.12. The Bertz CT molecular complexity index is 731. The number of hydrazone groups is 1. The molecule has 2 aromatic carbocycles. The topological polar surface area (TPSA) is 73.7 Å². The van der Waals surface area contributed by atoms with E-state index in [-0.39, 0.29) is 18.2 Å². The van der Waals surface area contributed by atoms with Crippen molar-refractivity contribution >= 4 is 49.7 Å². The molecule has 0 spiro atoms. The molecule has 0 saturated carbocycles. The van der Waals surface area contributed by atoms with Crippen LogP contribution >= 0.6 is 31.9 Å². The smallest absolute Gasteiger partial charge is 0.259 e. The molecule has 0 unspecified atom stereocenters. The standard InChI is InChI=1S/C16H15Br2N3O2/c1-10-2-4-12(5-3-10)19-9-16(23)21-20-8-11-6-15(22)14(18)7-13(11)17/h2-8,19,22H,9H2,1H3,(H,21,23)/b20-8-. The first-order valence-corrected chi connectivity index (χ1v) is 8.35. The van der Waals surface area contributed by atoms with Gasteiger partial charge in [0.2, 0.25) is 0 Å². The minimum Gasteiger partial charge on any atom is -0.507 e. The van der Waals surface area contributed by atoms with Gasteiger partial charge in [0, 0.05) is 15.7 Å². The van der Waals surface area contributed by atoms with Gasteiger partial charge in [0.15, 0.2) is 0 Å². The Balaban J connectivity index is 1.86. The molecule has 0 heterocycles. The monoisotopic (exact) mass is 439 g/mol. The van der Waals surface area contributed by atoms with Crippen molar-refractivity contribution in [2.24, 2.45) is 5.10 Å². The highest BCUT2D eigenvalue weighted by Gasteiger charge is 2.04. The third kappa shape index (κ3) is 5.37. The minimum absolute atomic E-state index is 0.0991. The number of nitrogens with one attached hydrogen (secondary N) is 2. The lowest BCUT2D eigenvalue weighted by molar-refractivity contribution is -0.119. The number of rotatable bonds is 5. The Morgan fingerprint density at radius 1 is 1.22 bits per heavy atom. The summed E-state index contributed by atoms with van der Waals surface area (Å²) >= 11 is 6.57. The van der Waals surface area contributed by atoms with Crippen LogP contribution in [0.3, 0.4) is 0 Å². The van der Waals surface area contributed by atoms with Gasteiger partial charge in [0.05, 0.1) is 17.2 Å². The molecule has 0 radical (unpaired) electrons. The lowest BCUT2D eigenvalue weighted by Crippen LogP contribution is -2.25. The van der Waals surface area contributed by atoms with Crippen LogP contribution in [0.5, 0.6) is 5.75 Å². The molecule has 23 heavy (non-hydrogen) atoms. The van der Waals surface area contributed by atoms with Gasteiger partial charge in [-0.05, 0) is 47.1 Å². The van der Waals surface area contributed by atoms with Gasteiger partial charge in [-0.3, -0.25) is 4.79 Å². The van der Waals surface area contributed by atoms with Gasteiger partial charge in [-0.1, -0.05) is 33.6 Å². The predicted octanol–water partition coefficient (Wildman–Crippen LogP) is 3.79. The second-order valence-corrected chi connectivity index (χ2v) is 6.55. The van der Waals surface area contributed by atoms with Crippen LogP contribution < -0.4 is 10.7 Å². The molecule has 0 atom stereocenters. The van der Waals surface area contributed by atoms with Crippen molar-refractivity contribution in [1.82, 2.24) is 5.43 Å². The van der Waals surface area contributed by atoms with Gasteiger partial charge >= 0.3 is 0 Å². The van der Waals surface area contributed by atoms with E-state index < -0.39 is 0 Å². The van der Waals surface area contributed by atoms with Crippen molar-refractivity contribution in [3.05, 3.63) is 56.5 Å². The molecule has 1 amide bonds. The average Bonchev–Trinajstić information content (AvgIpc) is 2.52. The molecule has 2 rings (SSSR count). The normalized spacial score (nSPS) is 10.7. The number of benzene rings is 2. The Kier molecular flexibility index (Phi) is 6.18. The number of nitrogens with zero attached hydrogens (tertiary/aromatic N) is 1. The molecule has 3 N–H and O–H groups in total. The third-order valence-corrected chi connectivity index (χ3v) is 4.29. The number of phenols is 1. The average molecular weight is 441 g/mol. The highest BCUT2D eigenvalue weighted by molar-refractivity contribution is 9.11. The summed E-state index contributed by atoms with van der Waals surface area (Å²) in [5.41, 5.74) is 5.11. The van der Waals surface area contributed by atoms with E-state index in [1.54, 1.807) is 6.07 Å². The fourth-order valence-electron chi connectivity index (χ4n) is 1.72. The largest absolute Gasteiger partial charge is 0.507 e. The maximum absolute atomic E-state index is 11.7. The zero-order chi connectivity index (χ0) is 16.8. The van der Waals surface area contributed by atoms with Crippen molar-refractivity contribution in [3.8, 4) is 5.75 Å². The minimum atomic E-state index is -0.265. The number of phenolic OH excluding ortho intramolecular Hbond substituents is 1. The molecule has 2 aromatic rings. The van der Waals surface area contributed by atoms with Crippen LogP contribution in [0.25, 0.3) is 0 Å². The summed E-state index contributed by atoms with van der Waals surface area (Å²) in [6.07, 6.45) is 1.46. The summed E-state index contributed by atoms with van der Waals surface area (Å²) in [4.78, 5) is 11.7. The number of amides is 1. The number of carbonyl (C=O) groups is 1. The van der Waals surface area contributed by atoms with Crippen molar-refractivity contribution in [2.45, 2.75) is 6.92 Å². The van der Waals surface area contributed by atoms with Gasteiger partial charge in [-0.2, -0.15) is 5.10 Å². The first-order chi connectivity index (χ1) is 11.0. The number of halogens is 2. The quantitative estimate of drug-likeness (QED) is 0.489. The molecular weight excluding hydrogens is 426 g/mol. The van der Waals surface area contributed by atoms with Crippen molar-refractivity contribution in [3.63, 3.8) is 0 Å². The molecule has 0 aliphatic rings. The third-order valence-electron chi connectivity index (χ3n) is 2.96. The van der Waals surface area contributed by atoms with E-state index in [4.69, 9.17) is 0 Å². The fraction of sp³-hybridized carbons (Fsp3) is 0.125. The SMILES string of the molecule is Cc1ccc(NCC(=O)N/N=C\c2cc(O)c(Br)cc2Br)cc1. The molecule has 0 aliphatic carbocycles. The maximum atomic E-state index is 11.7. The Morgan fingerprint density at radius 3 is 2.61 bits per heavy atom. The lowest BCUT2D eigenvalue weighted by atomic mass is 10.2. The van der Waals surface area contributed by atoms with Crippen molar-refractivity contribution < 1.29 is 9.90 Å². The summed E-state index contributed by atoms with van der Waals surface area (Å²) in [6, 6.07) is 11.0. The molecular formula is C16H15Br2N3O2. The van der Waals surface area contributed by atoms with E-state index in [0.717, 1.165) is 15.7 Å².